The second-order valence-electron chi connectivity index (χ2n) is 24.0. The minimum atomic E-state index is -1.31. The maximum Gasteiger partial charge on any atom is 0.220 e. The van der Waals surface area contributed by atoms with Crippen LogP contribution in [0.15, 0.2) is 72.8 Å². The van der Waals surface area contributed by atoms with Crippen LogP contribution in [0, 0.1) is 44.9 Å². The lowest BCUT2D eigenvalue weighted by Gasteiger charge is -2.37. The summed E-state index contributed by atoms with van der Waals surface area (Å²) in [4.78, 5) is 54.5. The van der Waals surface area contributed by atoms with Crippen molar-refractivity contribution in [2.45, 2.75) is 157 Å². The Labute approximate surface area is 422 Å². The van der Waals surface area contributed by atoms with Gasteiger partial charge in [-0.1, -0.05) is 106 Å². The molecule has 4 aromatic rings. The Morgan fingerprint density at radius 2 is 0.889 bits per heavy atom. The Kier molecular flexibility index (Phi) is 17.5. The molecule has 0 radical (unpaired) electrons. The fourth-order valence-corrected chi connectivity index (χ4v) is 10.3. The first-order valence-electron chi connectivity index (χ1n) is 25.1. The predicted octanol–water partition coefficient (Wildman–Crippen LogP) is 9.56. The van der Waals surface area contributed by atoms with E-state index in [-0.39, 0.29) is 71.5 Å². The van der Waals surface area contributed by atoms with Gasteiger partial charge in [0, 0.05) is 72.1 Å². The molecule has 390 valence electrons. The molecule has 2 aliphatic carbocycles. The monoisotopic (exact) mass is 999 g/mol. The minimum Gasteiger partial charge on any atom is -0.390 e. The van der Waals surface area contributed by atoms with Crippen LogP contribution in [0.4, 0.5) is 17.6 Å². The number of hydrogen-bond donors (Lipinski definition) is 6. The fourth-order valence-electron chi connectivity index (χ4n) is 10.3. The molecular weight excluding hydrogens is 925 g/mol. The van der Waals surface area contributed by atoms with Gasteiger partial charge in [0.15, 0.2) is 11.6 Å². The summed E-state index contributed by atoms with van der Waals surface area (Å²) >= 11 is 0. The van der Waals surface area contributed by atoms with Gasteiger partial charge in [0.2, 0.25) is 11.8 Å². The van der Waals surface area contributed by atoms with E-state index in [1.54, 1.807) is 0 Å². The van der Waals surface area contributed by atoms with Crippen LogP contribution in [0.25, 0.3) is 0 Å². The average molecular weight is 999 g/mol. The van der Waals surface area contributed by atoms with E-state index in [0.717, 1.165) is 71.5 Å². The molecule has 0 saturated heterocycles. The fraction of sp³-hybridized carbons (Fsp3) is 0.517. The smallest absolute Gasteiger partial charge is 0.220 e. The zero-order chi connectivity index (χ0) is 53.1. The predicted molar refractivity (Wildman–Crippen MR) is 271 cm³/mol. The Hall–Kier alpha value is -5.28. The van der Waals surface area contributed by atoms with Crippen molar-refractivity contribution in [2.24, 2.45) is 21.7 Å². The number of hydrogen-bond acceptors (Lipinski definition) is 8. The molecule has 6 atom stereocenters. The Balaban J connectivity index is 1.16. The molecule has 2 aliphatic rings. The highest BCUT2D eigenvalue weighted by Gasteiger charge is 2.41. The number of aliphatic hydroxyl groups is 2. The van der Waals surface area contributed by atoms with E-state index in [9.17, 15) is 47.0 Å². The molecule has 0 fully saturated rings. The van der Waals surface area contributed by atoms with Gasteiger partial charge in [-0.15, -0.1) is 0 Å². The van der Waals surface area contributed by atoms with Crippen LogP contribution in [0.3, 0.4) is 0 Å². The van der Waals surface area contributed by atoms with E-state index in [2.05, 4.69) is 62.8 Å². The lowest BCUT2D eigenvalue weighted by Crippen LogP contribution is -2.51. The van der Waals surface area contributed by atoms with Crippen LogP contribution in [0.2, 0.25) is 0 Å². The van der Waals surface area contributed by atoms with Crippen molar-refractivity contribution in [1.29, 1.82) is 0 Å². The van der Waals surface area contributed by atoms with Gasteiger partial charge in [-0.2, -0.15) is 0 Å². The molecule has 0 bridgehead atoms. The highest BCUT2D eigenvalue weighted by molar-refractivity contribution is 6.03. The van der Waals surface area contributed by atoms with Crippen molar-refractivity contribution in [2.75, 3.05) is 13.1 Å². The molecule has 72 heavy (non-hydrogen) atoms. The van der Waals surface area contributed by atoms with E-state index in [1.165, 1.54) is 0 Å². The lowest BCUT2D eigenvalue weighted by atomic mass is 9.70. The van der Waals surface area contributed by atoms with E-state index in [0.29, 0.717) is 24.0 Å². The van der Waals surface area contributed by atoms with Gasteiger partial charge in [0.05, 0.1) is 24.3 Å². The zero-order valence-electron chi connectivity index (χ0n) is 43.5. The van der Waals surface area contributed by atoms with Crippen LogP contribution < -0.4 is 21.3 Å². The highest BCUT2D eigenvalue weighted by atomic mass is 19.1. The topological polar surface area (TPSA) is 157 Å². The first kappa shape index (κ1) is 56.0. The van der Waals surface area contributed by atoms with Crippen molar-refractivity contribution < 1.29 is 47.0 Å². The summed E-state index contributed by atoms with van der Waals surface area (Å²) in [5.41, 5.74) is 3.78. The Morgan fingerprint density at radius 1 is 0.556 bits per heavy atom. The van der Waals surface area contributed by atoms with E-state index < -0.39 is 83.0 Å². The summed E-state index contributed by atoms with van der Waals surface area (Å²) < 4.78 is 57.7. The molecule has 10 nitrogen and oxygen atoms in total. The summed E-state index contributed by atoms with van der Waals surface area (Å²) in [6.07, 6.45) is -1.34. The standard InChI is InChI=1S/C58H74F4N4O6/c1-55(2,3)27-33-11-13-41-43(21-33)47(29-57(7,8)53(41)71)63-31-49(67)45(23-35-17-37(59)25-38(60)18-35)65-51(69)15-16-52(70)66-46(24-36-19-39(61)26-40(62)20-36)50(68)32-64-48-30-58(9,10)54(72)42-14-12-34(22-44(42)48)28-56(4,5)6/h11-14,17-22,25-26,45-50,63-64,67-68H,15-16,23-24,27-32H2,1-10H3,(H,65,69)(H,66,70)/t45-,46-,47-,48+,49-,50-/m0/s1. The van der Waals surface area contributed by atoms with Gasteiger partial charge < -0.3 is 31.5 Å². The van der Waals surface area contributed by atoms with Crippen molar-refractivity contribution in [3.05, 3.63) is 141 Å². The maximum absolute atomic E-state index is 14.4. The number of aliphatic hydroxyl groups excluding tert-OH is 2. The van der Waals surface area contributed by atoms with Crippen LogP contribution in [0.5, 0.6) is 0 Å². The summed E-state index contributed by atoms with van der Waals surface area (Å²) in [5.74, 6) is -4.63. The number of amides is 2. The number of rotatable bonds is 19. The number of fused-ring (bicyclic) bond motifs is 2. The van der Waals surface area contributed by atoms with Crippen molar-refractivity contribution in [3.8, 4) is 0 Å². The molecule has 14 heteroatoms. The summed E-state index contributed by atoms with van der Waals surface area (Å²) in [6.45, 7) is 20.1. The van der Waals surface area contributed by atoms with Crippen LogP contribution >= 0.6 is 0 Å². The van der Waals surface area contributed by atoms with Crippen LogP contribution in [0.1, 0.15) is 161 Å². The van der Waals surface area contributed by atoms with Gasteiger partial charge in [-0.05, 0) is 107 Å². The molecule has 0 spiro atoms. The molecule has 0 saturated carbocycles. The molecule has 0 heterocycles. The van der Waals surface area contributed by atoms with E-state index in [1.807, 2.05) is 64.1 Å². The van der Waals surface area contributed by atoms with Gasteiger partial charge in [0.25, 0.3) is 0 Å². The van der Waals surface area contributed by atoms with E-state index >= 15 is 0 Å². The summed E-state index contributed by atoms with van der Waals surface area (Å²) in [7, 11) is 0. The number of nitrogens with one attached hydrogen (secondary N) is 4. The van der Waals surface area contributed by atoms with Crippen LogP contribution in [-0.2, 0) is 35.3 Å². The first-order valence-corrected chi connectivity index (χ1v) is 25.1. The number of carbonyl (C=O) groups is 4. The quantitative estimate of drug-likeness (QED) is 0.0508. The number of halogens is 4. The third-order valence-electron chi connectivity index (χ3n) is 13.7. The van der Waals surface area contributed by atoms with Crippen LogP contribution in [-0.4, -0.2) is 71.0 Å². The lowest BCUT2D eigenvalue weighted by molar-refractivity contribution is -0.128. The Bertz CT molecular complexity index is 2420. The highest BCUT2D eigenvalue weighted by Crippen LogP contribution is 2.43. The third kappa shape index (κ3) is 15.1. The van der Waals surface area contributed by atoms with Gasteiger partial charge in [-0.25, -0.2) is 17.6 Å². The second-order valence-corrected chi connectivity index (χ2v) is 24.0. The number of carbonyl (C=O) groups excluding carboxylic acids is 4. The molecule has 0 aromatic heterocycles. The number of ketones is 2. The normalized spacial score (nSPS) is 19.2. The molecule has 2 amide bonds. The van der Waals surface area contributed by atoms with E-state index in [4.69, 9.17) is 0 Å². The molecule has 0 unspecified atom stereocenters. The largest absolute Gasteiger partial charge is 0.390 e. The van der Waals surface area contributed by atoms with Crippen molar-refractivity contribution >= 4 is 23.4 Å². The molecular formula is C58H74F4N4O6. The average Bonchev–Trinajstić information content (AvgIpc) is 3.24. The Morgan fingerprint density at radius 3 is 1.21 bits per heavy atom. The number of benzene rings is 4. The first-order chi connectivity index (χ1) is 33.4. The zero-order valence-corrected chi connectivity index (χ0v) is 43.5. The van der Waals surface area contributed by atoms with Crippen molar-refractivity contribution in [3.63, 3.8) is 0 Å². The molecule has 0 aliphatic heterocycles. The summed E-state index contributed by atoms with van der Waals surface area (Å²) in [5, 5.41) is 35.9. The number of Topliss-reactive ketones (excluding diaryl/α,β-unsaturated/α-hetero) is 2. The van der Waals surface area contributed by atoms with Gasteiger partial charge in [0.1, 0.15) is 23.3 Å². The molecule has 6 rings (SSSR count). The van der Waals surface area contributed by atoms with Crippen molar-refractivity contribution in [1.82, 2.24) is 21.3 Å². The molecule has 4 aromatic carbocycles. The maximum atomic E-state index is 14.4. The third-order valence-corrected chi connectivity index (χ3v) is 13.7. The van der Waals surface area contributed by atoms with Gasteiger partial charge in [-0.3, -0.25) is 19.2 Å². The SMILES string of the molecule is CC(C)(C)Cc1ccc2c(c1)[C@@H](NC[C@H](O)[C@H](Cc1cc(F)cc(F)c1)NC(=O)CCC(=O)N[C@@H](Cc1cc(F)cc(F)c1)[C@@H](O)CN[C@@H]1CC(C)(C)C(=O)c3ccc(CC(C)(C)C)cc31)CC(C)(C)C2=O. The molecule has 6 N–H and O–H groups in total. The second kappa shape index (κ2) is 22.5. The summed E-state index contributed by atoms with van der Waals surface area (Å²) in [6, 6.07) is 14.7. The van der Waals surface area contributed by atoms with Gasteiger partial charge >= 0.3 is 0 Å². The minimum absolute atomic E-state index is 0.0136.